The molecule has 0 spiro atoms. The standard InChI is InChI=1S/C14H13I/c15-14-9-10-5-1-2-6-11(10)12-7-3-4-8-13(12)14/h1-3,5-7,9,12-13H,4,8H2. The van der Waals surface area contributed by atoms with Crippen LogP contribution in [0.2, 0.25) is 0 Å². The van der Waals surface area contributed by atoms with Crippen LogP contribution in [0.3, 0.4) is 0 Å². The molecule has 0 amide bonds. The van der Waals surface area contributed by atoms with Crippen molar-refractivity contribution in [1.29, 1.82) is 0 Å². The van der Waals surface area contributed by atoms with Gasteiger partial charge in [0.05, 0.1) is 0 Å². The molecule has 3 rings (SSSR count). The van der Waals surface area contributed by atoms with Crippen molar-refractivity contribution in [1.82, 2.24) is 0 Å². The van der Waals surface area contributed by atoms with Crippen molar-refractivity contribution >= 4 is 28.7 Å². The van der Waals surface area contributed by atoms with Gasteiger partial charge in [-0.25, -0.2) is 0 Å². The first-order valence-corrected chi connectivity index (χ1v) is 6.57. The van der Waals surface area contributed by atoms with Crippen molar-refractivity contribution in [3.05, 3.63) is 51.1 Å². The van der Waals surface area contributed by atoms with Gasteiger partial charge in [-0.1, -0.05) is 36.4 Å². The average molecular weight is 308 g/mol. The van der Waals surface area contributed by atoms with Crippen molar-refractivity contribution < 1.29 is 0 Å². The Morgan fingerprint density at radius 1 is 1.20 bits per heavy atom. The molecule has 76 valence electrons. The highest BCUT2D eigenvalue weighted by atomic mass is 127. The minimum Gasteiger partial charge on any atom is -0.0879 e. The first-order chi connectivity index (χ1) is 7.36. The molecule has 0 heterocycles. The van der Waals surface area contributed by atoms with Crippen molar-refractivity contribution in [2.24, 2.45) is 5.92 Å². The molecule has 0 saturated carbocycles. The second-order valence-corrected chi connectivity index (χ2v) is 5.54. The Hall–Kier alpha value is -0.570. The van der Waals surface area contributed by atoms with Gasteiger partial charge >= 0.3 is 0 Å². The lowest BCUT2D eigenvalue weighted by atomic mass is 9.75. The molecule has 0 aliphatic heterocycles. The van der Waals surface area contributed by atoms with Gasteiger partial charge in [0.15, 0.2) is 0 Å². The Balaban J connectivity index is 2.17. The second-order valence-electron chi connectivity index (χ2n) is 4.30. The van der Waals surface area contributed by atoms with Crippen LogP contribution >= 0.6 is 22.6 Å². The van der Waals surface area contributed by atoms with E-state index >= 15 is 0 Å². The fourth-order valence-corrected chi connectivity index (χ4v) is 3.70. The van der Waals surface area contributed by atoms with Crippen LogP contribution in [0, 0.1) is 5.92 Å². The van der Waals surface area contributed by atoms with E-state index in [1.807, 2.05) is 0 Å². The number of halogens is 1. The summed E-state index contributed by atoms with van der Waals surface area (Å²) < 4.78 is 1.53. The molecule has 2 unspecified atom stereocenters. The van der Waals surface area contributed by atoms with Crippen LogP contribution < -0.4 is 0 Å². The van der Waals surface area contributed by atoms with E-state index < -0.39 is 0 Å². The van der Waals surface area contributed by atoms with Crippen LogP contribution in [-0.2, 0) is 0 Å². The maximum Gasteiger partial charge on any atom is 0.00972 e. The third-order valence-corrected chi connectivity index (χ3v) is 4.54. The Bertz CT molecular complexity index is 442. The van der Waals surface area contributed by atoms with Gasteiger partial charge in [0.2, 0.25) is 0 Å². The fraction of sp³-hybridized carbons (Fsp3) is 0.286. The van der Waals surface area contributed by atoms with E-state index in [1.165, 1.54) is 27.5 Å². The topological polar surface area (TPSA) is 0 Å². The minimum absolute atomic E-state index is 0.631. The summed E-state index contributed by atoms with van der Waals surface area (Å²) in [5, 5.41) is 0. The normalized spacial score (nSPS) is 27.9. The Kier molecular flexibility index (Phi) is 2.43. The molecule has 0 saturated heterocycles. The minimum atomic E-state index is 0.631. The zero-order chi connectivity index (χ0) is 10.3. The SMILES string of the molecule is IC1=Cc2ccccc2C2C=CCCC12. The quantitative estimate of drug-likeness (QED) is 0.488. The molecule has 2 atom stereocenters. The maximum absolute atomic E-state index is 2.52. The summed E-state index contributed by atoms with van der Waals surface area (Å²) in [6.45, 7) is 0. The summed E-state index contributed by atoms with van der Waals surface area (Å²) in [5.74, 6) is 1.37. The van der Waals surface area contributed by atoms with Crippen molar-refractivity contribution in [3.8, 4) is 0 Å². The molecule has 0 bridgehead atoms. The van der Waals surface area contributed by atoms with E-state index in [2.05, 4.69) is 65.1 Å². The monoisotopic (exact) mass is 308 g/mol. The Labute approximate surface area is 104 Å². The van der Waals surface area contributed by atoms with Gasteiger partial charge < -0.3 is 0 Å². The van der Waals surface area contributed by atoms with Gasteiger partial charge in [0, 0.05) is 11.8 Å². The molecular weight excluding hydrogens is 295 g/mol. The third-order valence-electron chi connectivity index (χ3n) is 3.42. The lowest BCUT2D eigenvalue weighted by molar-refractivity contribution is 0.513. The van der Waals surface area contributed by atoms with Gasteiger partial charge in [-0.15, -0.1) is 0 Å². The molecule has 1 heteroatoms. The van der Waals surface area contributed by atoms with E-state index in [-0.39, 0.29) is 0 Å². The van der Waals surface area contributed by atoms with Gasteiger partial charge in [-0.3, -0.25) is 0 Å². The highest BCUT2D eigenvalue weighted by Crippen LogP contribution is 2.45. The number of benzene rings is 1. The molecule has 2 aliphatic carbocycles. The van der Waals surface area contributed by atoms with E-state index in [4.69, 9.17) is 0 Å². The van der Waals surface area contributed by atoms with Gasteiger partial charge in [-0.2, -0.15) is 0 Å². The number of fused-ring (bicyclic) bond motifs is 3. The van der Waals surface area contributed by atoms with E-state index in [0.29, 0.717) is 5.92 Å². The molecule has 0 N–H and O–H groups in total. The van der Waals surface area contributed by atoms with Crippen LogP contribution in [0.4, 0.5) is 0 Å². The molecular formula is C14H13I. The molecule has 1 aromatic rings. The van der Waals surface area contributed by atoms with Gasteiger partial charge in [-0.05, 0) is 56.2 Å². The Morgan fingerprint density at radius 2 is 2.07 bits per heavy atom. The molecule has 0 fully saturated rings. The molecule has 1 aromatic carbocycles. The summed E-state index contributed by atoms with van der Waals surface area (Å²) in [6.07, 6.45) is 9.65. The summed E-state index contributed by atoms with van der Waals surface area (Å²) in [5.41, 5.74) is 2.92. The average Bonchev–Trinajstić information content (AvgIpc) is 2.30. The second kappa shape index (κ2) is 3.78. The summed E-state index contributed by atoms with van der Waals surface area (Å²) in [6, 6.07) is 8.80. The van der Waals surface area contributed by atoms with Crippen LogP contribution in [0.25, 0.3) is 6.08 Å². The molecule has 2 aliphatic rings. The van der Waals surface area contributed by atoms with Gasteiger partial charge in [0.25, 0.3) is 0 Å². The van der Waals surface area contributed by atoms with Crippen LogP contribution in [0.1, 0.15) is 29.9 Å². The number of hydrogen-bond acceptors (Lipinski definition) is 0. The lowest BCUT2D eigenvalue weighted by Gasteiger charge is -2.32. The maximum atomic E-state index is 2.52. The zero-order valence-electron chi connectivity index (χ0n) is 8.49. The zero-order valence-corrected chi connectivity index (χ0v) is 10.6. The number of rotatable bonds is 0. The van der Waals surface area contributed by atoms with Crippen molar-refractivity contribution in [3.63, 3.8) is 0 Å². The number of hydrogen-bond donors (Lipinski definition) is 0. The van der Waals surface area contributed by atoms with Crippen LogP contribution in [0.5, 0.6) is 0 Å². The van der Waals surface area contributed by atoms with Crippen LogP contribution in [-0.4, -0.2) is 0 Å². The molecule has 0 aromatic heterocycles. The summed E-state index contributed by atoms with van der Waals surface area (Å²) in [7, 11) is 0. The highest BCUT2D eigenvalue weighted by Gasteiger charge is 2.29. The largest absolute Gasteiger partial charge is 0.0879 e. The number of allylic oxidation sites excluding steroid dienone is 3. The summed E-state index contributed by atoms with van der Waals surface area (Å²) in [4.78, 5) is 0. The van der Waals surface area contributed by atoms with Crippen LogP contribution in [0.15, 0.2) is 40.0 Å². The van der Waals surface area contributed by atoms with E-state index in [1.54, 1.807) is 0 Å². The molecule has 15 heavy (non-hydrogen) atoms. The van der Waals surface area contributed by atoms with Gasteiger partial charge in [0.1, 0.15) is 0 Å². The van der Waals surface area contributed by atoms with Crippen molar-refractivity contribution in [2.75, 3.05) is 0 Å². The molecule has 0 radical (unpaired) electrons. The van der Waals surface area contributed by atoms with E-state index in [9.17, 15) is 0 Å². The molecule has 0 nitrogen and oxygen atoms in total. The first-order valence-electron chi connectivity index (χ1n) is 5.49. The predicted octanol–water partition coefficient (Wildman–Crippen LogP) is 4.53. The summed E-state index contributed by atoms with van der Waals surface area (Å²) >= 11 is 2.52. The predicted molar refractivity (Wildman–Crippen MR) is 73.0 cm³/mol. The highest BCUT2D eigenvalue weighted by molar-refractivity contribution is 14.1. The third kappa shape index (κ3) is 1.57. The first kappa shape index (κ1) is 9.64. The fourth-order valence-electron chi connectivity index (χ4n) is 2.66. The van der Waals surface area contributed by atoms with Crippen molar-refractivity contribution in [2.45, 2.75) is 18.8 Å². The smallest absolute Gasteiger partial charge is 0.00972 e. The van der Waals surface area contributed by atoms with E-state index in [0.717, 1.165) is 5.92 Å². The lowest BCUT2D eigenvalue weighted by Crippen LogP contribution is -2.18. The Morgan fingerprint density at radius 3 is 3.00 bits per heavy atom.